The molecule has 1 aliphatic rings. The lowest BCUT2D eigenvalue weighted by Gasteiger charge is -2.25. The van der Waals surface area contributed by atoms with Crippen LogP contribution in [0.4, 0.5) is 0 Å². The van der Waals surface area contributed by atoms with Gasteiger partial charge in [0.15, 0.2) is 0 Å². The van der Waals surface area contributed by atoms with Gasteiger partial charge in [0, 0.05) is 6.04 Å². The van der Waals surface area contributed by atoms with Gasteiger partial charge in [-0.3, -0.25) is 4.79 Å². The standard InChI is InChI=1S/C6H11NOS/c8-6(4-9)7-5-2-1-3-5/h5,9H,1-4H2,(H,7,8). The molecule has 0 aromatic rings. The molecule has 9 heavy (non-hydrogen) atoms. The summed E-state index contributed by atoms with van der Waals surface area (Å²) in [5.41, 5.74) is 0. The predicted octanol–water partition coefficient (Wildman–Crippen LogP) is 0.585. The van der Waals surface area contributed by atoms with Crippen LogP contribution in [-0.2, 0) is 4.79 Å². The Hall–Kier alpha value is -0.180. The normalized spacial score (nSPS) is 18.8. The Morgan fingerprint density at radius 2 is 2.33 bits per heavy atom. The molecule has 3 heteroatoms. The van der Waals surface area contributed by atoms with Crippen molar-refractivity contribution in [2.75, 3.05) is 5.75 Å². The van der Waals surface area contributed by atoms with E-state index < -0.39 is 0 Å². The first-order valence-electron chi connectivity index (χ1n) is 3.23. The molecule has 0 aliphatic heterocycles. The highest BCUT2D eigenvalue weighted by Crippen LogP contribution is 2.17. The fourth-order valence-electron chi connectivity index (χ4n) is 0.826. The Morgan fingerprint density at radius 3 is 2.67 bits per heavy atom. The van der Waals surface area contributed by atoms with Crippen LogP contribution in [0.5, 0.6) is 0 Å². The predicted molar refractivity (Wildman–Crippen MR) is 39.6 cm³/mol. The molecular formula is C6H11NOS. The highest BCUT2D eigenvalue weighted by atomic mass is 32.1. The number of carbonyl (C=O) groups is 1. The van der Waals surface area contributed by atoms with Gasteiger partial charge in [-0.05, 0) is 19.3 Å². The summed E-state index contributed by atoms with van der Waals surface area (Å²) < 4.78 is 0. The first-order chi connectivity index (χ1) is 4.33. The van der Waals surface area contributed by atoms with E-state index in [9.17, 15) is 4.79 Å². The lowest BCUT2D eigenvalue weighted by Crippen LogP contribution is -2.40. The van der Waals surface area contributed by atoms with Gasteiger partial charge in [-0.1, -0.05) is 0 Å². The van der Waals surface area contributed by atoms with Crippen molar-refractivity contribution in [2.45, 2.75) is 25.3 Å². The Labute approximate surface area is 60.4 Å². The topological polar surface area (TPSA) is 29.1 Å². The van der Waals surface area contributed by atoms with Gasteiger partial charge < -0.3 is 5.32 Å². The molecule has 0 heterocycles. The molecule has 1 rings (SSSR count). The molecule has 1 amide bonds. The molecule has 0 unspecified atom stereocenters. The number of carbonyl (C=O) groups excluding carboxylic acids is 1. The van der Waals surface area contributed by atoms with Crippen LogP contribution < -0.4 is 5.32 Å². The zero-order valence-corrected chi connectivity index (χ0v) is 6.16. The number of amides is 1. The van der Waals surface area contributed by atoms with Crippen LogP contribution in [0.1, 0.15) is 19.3 Å². The van der Waals surface area contributed by atoms with E-state index in [0.29, 0.717) is 11.8 Å². The molecular weight excluding hydrogens is 134 g/mol. The lowest BCUT2D eigenvalue weighted by molar-refractivity contribution is -0.119. The van der Waals surface area contributed by atoms with Crippen molar-refractivity contribution < 1.29 is 4.79 Å². The maximum Gasteiger partial charge on any atom is 0.229 e. The van der Waals surface area contributed by atoms with Crippen molar-refractivity contribution in [3.05, 3.63) is 0 Å². The van der Waals surface area contributed by atoms with Gasteiger partial charge in [-0.25, -0.2) is 0 Å². The Morgan fingerprint density at radius 1 is 1.67 bits per heavy atom. The van der Waals surface area contributed by atoms with Gasteiger partial charge in [0.25, 0.3) is 0 Å². The number of hydrogen-bond acceptors (Lipinski definition) is 2. The number of rotatable bonds is 2. The third kappa shape index (κ3) is 1.90. The molecule has 1 N–H and O–H groups in total. The molecule has 0 atom stereocenters. The van der Waals surface area contributed by atoms with Crippen LogP contribution in [0.3, 0.4) is 0 Å². The third-order valence-electron chi connectivity index (χ3n) is 1.61. The van der Waals surface area contributed by atoms with Crippen LogP contribution in [0.15, 0.2) is 0 Å². The van der Waals surface area contributed by atoms with Gasteiger partial charge in [-0.15, -0.1) is 0 Å². The Bertz CT molecular complexity index is 112. The number of thiol groups is 1. The second-order valence-electron chi connectivity index (χ2n) is 2.35. The van der Waals surface area contributed by atoms with Gasteiger partial charge in [0.05, 0.1) is 5.75 Å². The summed E-state index contributed by atoms with van der Waals surface area (Å²) in [6, 6.07) is 0.463. The van der Waals surface area contributed by atoms with Crippen molar-refractivity contribution >= 4 is 18.5 Å². The van der Waals surface area contributed by atoms with Crippen molar-refractivity contribution in [3.8, 4) is 0 Å². The zero-order chi connectivity index (χ0) is 6.69. The molecule has 1 saturated carbocycles. The van der Waals surface area contributed by atoms with Gasteiger partial charge in [0.1, 0.15) is 0 Å². The van der Waals surface area contributed by atoms with Crippen molar-refractivity contribution in [3.63, 3.8) is 0 Å². The van der Waals surface area contributed by atoms with E-state index in [-0.39, 0.29) is 5.91 Å². The van der Waals surface area contributed by atoms with E-state index in [2.05, 4.69) is 17.9 Å². The monoisotopic (exact) mass is 145 g/mol. The van der Waals surface area contributed by atoms with Crippen molar-refractivity contribution in [2.24, 2.45) is 0 Å². The van der Waals surface area contributed by atoms with Crippen LogP contribution in [0, 0.1) is 0 Å². The molecule has 0 aromatic carbocycles. The minimum absolute atomic E-state index is 0.0584. The van der Waals surface area contributed by atoms with Gasteiger partial charge in [-0.2, -0.15) is 12.6 Å². The molecule has 0 bridgehead atoms. The van der Waals surface area contributed by atoms with E-state index in [1.54, 1.807) is 0 Å². The molecule has 52 valence electrons. The van der Waals surface area contributed by atoms with Crippen molar-refractivity contribution in [1.29, 1.82) is 0 Å². The second-order valence-corrected chi connectivity index (χ2v) is 2.67. The van der Waals surface area contributed by atoms with E-state index >= 15 is 0 Å². The summed E-state index contributed by atoms with van der Waals surface area (Å²) in [6.07, 6.45) is 3.57. The van der Waals surface area contributed by atoms with Gasteiger partial charge >= 0.3 is 0 Å². The lowest BCUT2D eigenvalue weighted by atomic mass is 9.93. The third-order valence-corrected chi connectivity index (χ3v) is 1.90. The quantitative estimate of drug-likeness (QED) is 0.547. The minimum Gasteiger partial charge on any atom is -0.353 e. The Kier molecular flexibility index (Phi) is 2.39. The van der Waals surface area contributed by atoms with Crippen LogP contribution in [0.2, 0.25) is 0 Å². The van der Waals surface area contributed by atoms with E-state index in [0.717, 1.165) is 12.8 Å². The summed E-state index contributed by atoms with van der Waals surface area (Å²) in [7, 11) is 0. The fourth-order valence-corrected chi connectivity index (χ4v) is 0.917. The fraction of sp³-hybridized carbons (Fsp3) is 0.833. The molecule has 0 radical (unpaired) electrons. The summed E-state index contributed by atoms with van der Waals surface area (Å²) >= 11 is 3.84. The highest BCUT2D eigenvalue weighted by Gasteiger charge is 2.18. The molecule has 0 spiro atoms. The van der Waals surface area contributed by atoms with E-state index in [1.165, 1.54) is 6.42 Å². The summed E-state index contributed by atoms with van der Waals surface area (Å²) in [5, 5.41) is 2.85. The largest absolute Gasteiger partial charge is 0.353 e. The van der Waals surface area contributed by atoms with Crippen molar-refractivity contribution in [1.82, 2.24) is 5.32 Å². The van der Waals surface area contributed by atoms with Crippen LogP contribution in [-0.4, -0.2) is 17.7 Å². The Balaban J connectivity index is 2.09. The first kappa shape index (κ1) is 6.93. The molecule has 1 fully saturated rings. The first-order valence-corrected chi connectivity index (χ1v) is 3.86. The second kappa shape index (κ2) is 3.11. The summed E-state index contributed by atoms with van der Waals surface area (Å²) in [4.78, 5) is 10.6. The maximum absolute atomic E-state index is 10.6. The van der Waals surface area contributed by atoms with Crippen LogP contribution in [0.25, 0.3) is 0 Å². The summed E-state index contributed by atoms with van der Waals surface area (Å²) in [5.74, 6) is 0.374. The summed E-state index contributed by atoms with van der Waals surface area (Å²) in [6.45, 7) is 0. The van der Waals surface area contributed by atoms with E-state index in [4.69, 9.17) is 0 Å². The smallest absolute Gasteiger partial charge is 0.229 e. The van der Waals surface area contributed by atoms with Gasteiger partial charge in [0.2, 0.25) is 5.91 Å². The average Bonchev–Trinajstić information content (AvgIpc) is 1.78. The average molecular weight is 145 g/mol. The number of nitrogens with one attached hydrogen (secondary N) is 1. The number of hydrogen-bond donors (Lipinski definition) is 2. The molecule has 1 aliphatic carbocycles. The molecule has 2 nitrogen and oxygen atoms in total. The molecule has 0 aromatic heterocycles. The van der Waals surface area contributed by atoms with Crippen LogP contribution >= 0.6 is 12.6 Å². The molecule has 0 saturated heterocycles. The highest BCUT2D eigenvalue weighted by molar-refractivity contribution is 7.81. The SMILES string of the molecule is O=C(CS)NC1CCC1. The zero-order valence-electron chi connectivity index (χ0n) is 5.26. The maximum atomic E-state index is 10.6. The minimum atomic E-state index is 0.0584. The van der Waals surface area contributed by atoms with E-state index in [1.807, 2.05) is 0 Å².